The van der Waals surface area contributed by atoms with Crippen LogP contribution in [-0.2, 0) is 0 Å². The smallest absolute Gasteiger partial charge is 0.292 e. The first kappa shape index (κ1) is 42.0. The average molecular weight is 606 g/mol. The predicted octanol–water partition coefficient (Wildman–Crippen LogP) is 11.1. The zero-order chi connectivity index (χ0) is 33.8. The van der Waals surface area contributed by atoms with Crippen molar-refractivity contribution in [2.75, 3.05) is 13.7 Å². The van der Waals surface area contributed by atoms with Gasteiger partial charge in [0.1, 0.15) is 11.7 Å². The third-order valence-corrected chi connectivity index (χ3v) is 5.61. The summed E-state index contributed by atoms with van der Waals surface area (Å²) in [5.41, 5.74) is 10.6. The molecule has 0 aliphatic rings. The number of nitrogens with two attached hydrogens (primary N) is 1. The molecule has 0 heterocycles. The fraction of sp³-hybridized carbons (Fsp3) is 0.421. The van der Waals surface area contributed by atoms with Gasteiger partial charge >= 0.3 is 0 Å². The highest BCUT2D eigenvalue weighted by atomic mass is 19.1. The van der Waals surface area contributed by atoms with Crippen LogP contribution in [0.1, 0.15) is 100.0 Å². The standard InChI is InChI=1S/C21H22FN3O2.C9H16.C6H12.C2H6/c1-4-5-14(2)12-25-21(24)18-10-16(15-6-8-17(22)9-7-15)11-19(26-3)20(18)27-13-23;1-3-5-7-9-8-6-4-2;1-4-5-6(2)3;1-2/h5-11H,4,12H2,1-3H3,(H2,24,25);5,7-9H,3-4,6H2,1-2H3;5H,4H2,1-3H3;1-2H3/b14-5-;7-5-,9-8-;;. The maximum Gasteiger partial charge on any atom is 0.292 e. The molecule has 0 fully saturated rings. The van der Waals surface area contributed by atoms with Crippen LogP contribution in [0.5, 0.6) is 11.5 Å². The Morgan fingerprint density at radius 3 is 2.00 bits per heavy atom. The molecule has 6 heteroatoms. The molecule has 0 amide bonds. The summed E-state index contributed by atoms with van der Waals surface area (Å²) in [5.74, 6) is 0.442. The molecule has 0 bridgehead atoms. The fourth-order valence-electron chi connectivity index (χ4n) is 3.58. The molecular formula is C38H56FN3O2. The lowest BCUT2D eigenvalue weighted by molar-refractivity contribution is 0.384. The SMILES string of the molecule is CC.CC/C=C(/C)CN=C(N)c1cc(-c2ccc(F)cc2)cc(OC)c1OC#N.CC/C=C\C=C/CCC.CCC=C(C)C. The number of amidine groups is 1. The normalized spacial score (nSPS) is 10.9. The summed E-state index contributed by atoms with van der Waals surface area (Å²) in [6, 6.07) is 9.51. The van der Waals surface area contributed by atoms with Gasteiger partial charge in [-0.25, -0.2) is 4.39 Å². The van der Waals surface area contributed by atoms with Crippen LogP contribution in [0.3, 0.4) is 0 Å². The molecule has 0 radical (unpaired) electrons. The van der Waals surface area contributed by atoms with Gasteiger partial charge in [-0.05, 0) is 81.8 Å². The number of nitrogens with zero attached hydrogens (tertiary/aromatic N) is 2. The van der Waals surface area contributed by atoms with Crippen molar-refractivity contribution >= 4 is 5.84 Å². The molecule has 2 aromatic rings. The van der Waals surface area contributed by atoms with E-state index in [1.165, 1.54) is 44.1 Å². The van der Waals surface area contributed by atoms with Crippen LogP contribution in [0.15, 0.2) is 89.0 Å². The van der Waals surface area contributed by atoms with Crippen molar-refractivity contribution in [3.63, 3.8) is 0 Å². The summed E-state index contributed by atoms with van der Waals surface area (Å²) in [6.45, 7) is 19.2. The minimum Gasteiger partial charge on any atom is -0.493 e. The van der Waals surface area contributed by atoms with Crippen LogP contribution < -0.4 is 15.2 Å². The van der Waals surface area contributed by atoms with E-state index in [4.69, 9.17) is 20.5 Å². The van der Waals surface area contributed by atoms with Gasteiger partial charge in [0.25, 0.3) is 6.26 Å². The number of ether oxygens (including phenoxy) is 2. The second-order valence-electron chi connectivity index (χ2n) is 9.66. The number of methoxy groups -OCH3 is 1. The van der Waals surface area contributed by atoms with Crippen LogP contribution in [0.4, 0.5) is 4.39 Å². The molecule has 0 aliphatic heterocycles. The van der Waals surface area contributed by atoms with Gasteiger partial charge in [0.05, 0.1) is 19.2 Å². The molecule has 0 aromatic heterocycles. The lowest BCUT2D eigenvalue weighted by Gasteiger charge is -2.14. The van der Waals surface area contributed by atoms with Crippen molar-refractivity contribution in [2.24, 2.45) is 10.7 Å². The summed E-state index contributed by atoms with van der Waals surface area (Å²) in [4.78, 5) is 4.40. The first-order valence-corrected chi connectivity index (χ1v) is 15.6. The summed E-state index contributed by atoms with van der Waals surface area (Å²) >= 11 is 0. The monoisotopic (exact) mass is 605 g/mol. The first-order valence-electron chi connectivity index (χ1n) is 15.6. The molecule has 2 N–H and O–H groups in total. The van der Waals surface area contributed by atoms with Crippen molar-refractivity contribution in [3.05, 3.63) is 95.4 Å². The zero-order valence-corrected chi connectivity index (χ0v) is 28.8. The molecule has 0 unspecified atom stereocenters. The molecule has 2 rings (SSSR count). The Labute approximate surface area is 267 Å². The van der Waals surface area contributed by atoms with Gasteiger partial charge in [-0.3, -0.25) is 4.99 Å². The van der Waals surface area contributed by atoms with Gasteiger partial charge < -0.3 is 15.2 Å². The van der Waals surface area contributed by atoms with Crippen LogP contribution in [0.2, 0.25) is 0 Å². The van der Waals surface area contributed by atoms with E-state index in [2.05, 4.69) is 76.1 Å². The Bertz CT molecular complexity index is 1230. The van der Waals surface area contributed by atoms with E-state index < -0.39 is 0 Å². The van der Waals surface area contributed by atoms with Gasteiger partial charge in [0.2, 0.25) is 0 Å². The molecule has 0 atom stereocenters. The van der Waals surface area contributed by atoms with E-state index in [-0.39, 0.29) is 17.4 Å². The van der Waals surface area contributed by atoms with E-state index >= 15 is 0 Å². The molecule has 44 heavy (non-hydrogen) atoms. The van der Waals surface area contributed by atoms with Crippen molar-refractivity contribution in [2.45, 2.75) is 94.4 Å². The average Bonchev–Trinajstić information content (AvgIpc) is 3.02. The van der Waals surface area contributed by atoms with Crippen molar-refractivity contribution < 1.29 is 13.9 Å². The molecule has 0 saturated heterocycles. The molecule has 0 aliphatic carbocycles. The second-order valence-corrected chi connectivity index (χ2v) is 9.66. The minimum atomic E-state index is -0.324. The fourth-order valence-corrected chi connectivity index (χ4v) is 3.58. The lowest BCUT2D eigenvalue weighted by Crippen LogP contribution is -2.16. The maximum absolute atomic E-state index is 13.2. The van der Waals surface area contributed by atoms with Crippen LogP contribution in [0.25, 0.3) is 11.1 Å². The number of hydrogen-bond donors (Lipinski definition) is 1. The number of benzene rings is 2. The molecule has 242 valence electrons. The Kier molecular flexibility index (Phi) is 26.5. The van der Waals surface area contributed by atoms with Crippen LogP contribution in [-0.4, -0.2) is 19.5 Å². The number of rotatable bonds is 12. The number of allylic oxidation sites excluding steroid dienone is 7. The highest BCUT2D eigenvalue weighted by molar-refractivity contribution is 6.02. The van der Waals surface area contributed by atoms with E-state index in [9.17, 15) is 4.39 Å². The zero-order valence-electron chi connectivity index (χ0n) is 28.8. The van der Waals surface area contributed by atoms with E-state index in [0.717, 1.165) is 29.5 Å². The summed E-state index contributed by atoms with van der Waals surface area (Å²) in [5, 5.41) is 8.99. The number of unbranched alkanes of at least 4 members (excludes halogenated alkanes) is 1. The van der Waals surface area contributed by atoms with Crippen molar-refractivity contribution in [3.8, 4) is 28.9 Å². The summed E-state index contributed by atoms with van der Waals surface area (Å²) in [7, 11) is 1.47. The Morgan fingerprint density at radius 1 is 0.909 bits per heavy atom. The molecule has 0 spiro atoms. The molecule has 0 saturated carbocycles. The van der Waals surface area contributed by atoms with Gasteiger partial charge in [-0.2, -0.15) is 0 Å². The Balaban J connectivity index is 0. The molecular weight excluding hydrogens is 549 g/mol. The van der Waals surface area contributed by atoms with Crippen molar-refractivity contribution in [1.29, 1.82) is 5.26 Å². The van der Waals surface area contributed by atoms with Gasteiger partial charge in [0, 0.05) is 0 Å². The quantitative estimate of drug-likeness (QED) is 0.0858. The topological polar surface area (TPSA) is 80.6 Å². The third-order valence-electron chi connectivity index (χ3n) is 5.61. The second kappa shape index (κ2) is 27.7. The number of hydrogen-bond acceptors (Lipinski definition) is 4. The lowest BCUT2D eigenvalue weighted by atomic mass is 10.0. The number of nitriles is 1. The minimum absolute atomic E-state index is 0.198. The van der Waals surface area contributed by atoms with E-state index in [1.807, 2.05) is 27.7 Å². The van der Waals surface area contributed by atoms with Gasteiger partial charge in [-0.1, -0.05) is 108 Å². The number of aliphatic imine (C=N–C) groups is 1. The van der Waals surface area contributed by atoms with Gasteiger partial charge in [0.15, 0.2) is 11.5 Å². The van der Waals surface area contributed by atoms with Gasteiger partial charge in [-0.15, -0.1) is 5.26 Å². The predicted molar refractivity (Wildman–Crippen MR) is 189 cm³/mol. The van der Waals surface area contributed by atoms with E-state index in [1.54, 1.807) is 30.5 Å². The number of halogens is 1. The summed E-state index contributed by atoms with van der Waals surface area (Å²) in [6.07, 6.45) is 20.2. The third kappa shape index (κ3) is 19.2. The Hall–Kier alpha value is -4.11. The van der Waals surface area contributed by atoms with Crippen LogP contribution in [0, 0.1) is 17.3 Å². The first-order chi connectivity index (χ1) is 21.2. The van der Waals surface area contributed by atoms with Crippen molar-refractivity contribution in [1.82, 2.24) is 0 Å². The largest absolute Gasteiger partial charge is 0.493 e. The maximum atomic E-state index is 13.2. The van der Waals surface area contributed by atoms with E-state index in [0.29, 0.717) is 17.9 Å². The molecule has 5 nitrogen and oxygen atoms in total. The van der Waals surface area contributed by atoms with Crippen LogP contribution >= 0.6 is 0 Å². The summed E-state index contributed by atoms with van der Waals surface area (Å²) < 4.78 is 23.7. The Morgan fingerprint density at radius 2 is 1.52 bits per heavy atom. The highest BCUT2D eigenvalue weighted by Gasteiger charge is 2.17. The highest BCUT2D eigenvalue weighted by Crippen LogP contribution is 2.36. The molecule has 2 aromatic carbocycles.